The lowest BCUT2D eigenvalue weighted by Gasteiger charge is -2.36. The van der Waals surface area contributed by atoms with Gasteiger partial charge in [-0.05, 0) is 36.8 Å². The van der Waals surface area contributed by atoms with Gasteiger partial charge in [0.25, 0.3) is 0 Å². The molecule has 2 fully saturated rings. The third-order valence-corrected chi connectivity index (χ3v) is 6.67. The first-order valence-electron chi connectivity index (χ1n) is 11.4. The third kappa shape index (κ3) is 3.80. The van der Waals surface area contributed by atoms with E-state index in [-0.39, 0.29) is 12.7 Å². The Morgan fingerprint density at radius 3 is 2.14 bits per heavy atom. The minimum absolute atomic E-state index is 0.249. The van der Waals surface area contributed by atoms with E-state index in [2.05, 4.69) is 72.4 Å². The summed E-state index contributed by atoms with van der Waals surface area (Å²) in [4.78, 5) is 2.67. The molecule has 0 bridgehead atoms. The lowest BCUT2D eigenvalue weighted by molar-refractivity contribution is 0.105. The fraction of sp³-hybridized carbons (Fsp3) is 0.520. The van der Waals surface area contributed by atoms with E-state index in [1.54, 1.807) is 0 Å². The van der Waals surface area contributed by atoms with Gasteiger partial charge >= 0.3 is 7.05 Å². The van der Waals surface area contributed by atoms with Crippen molar-refractivity contribution in [2.45, 2.75) is 76.3 Å². The van der Waals surface area contributed by atoms with Gasteiger partial charge in [-0.25, -0.2) is 0 Å². The van der Waals surface area contributed by atoms with Gasteiger partial charge in [-0.3, -0.25) is 0 Å². The van der Waals surface area contributed by atoms with Crippen LogP contribution in [-0.4, -0.2) is 24.4 Å². The topological polar surface area (TPSA) is 12.5 Å². The molecule has 0 N–H and O–H groups in total. The van der Waals surface area contributed by atoms with Gasteiger partial charge in [0.2, 0.25) is 0 Å². The molecule has 2 aliphatic rings. The Balaban J connectivity index is 1.57. The highest BCUT2D eigenvalue weighted by Crippen LogP contribution is 2.49. The van der Waals surface area contributed by atoms with Crippen LogP contribution in [0.2, 0.25) is 6.32 Å². The second-order valence-electron chi connectivity index (χ2n) is 8.49. The molecule has 0 unspecified atom stereocenters. The van der Waals surface area contributed by atoms with E-state index in [1.807, 2.05) is 0 Å². The maximum absolute atomic E-state index is 7.04. The quantitative estimate of drug-likeness (QED) is 0.378. The van der Waals surface area contributed by atoms with Gasteiger partial charge in [0, 0.05) is 6.04 Å². The van der Waals surface area contributed by atoms with E-state index in [1.165, 1.54) is 69.0 Å². The highest BCUT2D eigenvalue weighted by atomic mass is 16.5. The Kier molecular flexibility index (Phi) is 6.54. The fourth-order valence-corrected chi connectivity index (χ4v) is 5.31. The van der Waals surface area contributed by atoms with Crippen LogP contribution >= 0.6 is 0 Å². The molecule has 0 radical (unpaired) electrons. The van der Waals surface area contributed by atoms with Crippen molar-refractivity contribution in [2.75, 3.05) is 6.54 Å². The van der Waals surface area contributed by atoms with Crippen LogP contribution in [0.25, 0.3) is 0 Å². The molecule has 0 amide bonds. The van der Waals surface area contributed by atoms with Crippen LogP contribution in [0.1, 0.15) is 69.4 Å². The normalized spacial score (nSPS) is 21.2. The summed E-state index contributed by atoms with van der Waals surface area (Å²) in [5, 5.41) is 0. The first-order valence-corrected chi connectivity index (χ1v) is 11.4. The zero-order valence-corrected chi connectivity index (χ0v) is 17.4. The molecule has 0 saturated carbocycles. The van der Waals surface area contributed by atoms with Crippen molar-refractivity contribution >= 4 is 7.05 Å². The minimum Gasteiger partial charge on any atom is -0.406 e. The third-order valence-electron chi connectivity index (χ3n) is 6.67. The van der Waals surface area contributed by atoms with E-state index in [0.717, 1.165) is 6.32 Å². The van der Waals surface area contributed by atoms with Gasteiger partial charge in [0.1, 0.15) is 5.60 Å². The smallest absolute Gasteiger partial charge is 0.383 e. The molecule has 2 aromatic rings. The van der Waals surface area contributed by atoms with Crippen LogP contribution < -0.4 is 0 Å². The number of nitrogens with zero attached hydrogens (tertiary/aromatic N) is 1. The van der Waals surface area contributed by atoms with Crippen molar-refractivity contribution < 1.29 is 4.65 Å². The van der Waals surface area contributed by atoms with Crippen LogP contribution in [0, 0.1) is 0 Å². The molecule has 2 aromatic carbocycles. The monoisotopic (exact) mass is 375 g/mol. The highest BCUT2D eigenvalue weighted by Gasteiger charge is 2.57. The van der Waals surface area contributed by atoms with Crippen molar-refractivity contribution in [3.05, 3.63) is 71.8 Å². The maximum atomic E-state index is 7.04. The first kappa shape index (κ1) is 19.7. The first-order chi connectivity index (χ1) is 13.9. The van der Waals surface area contributed by atoms with Crippen LogP contribution in [0.3, 0.4) is 0 Å². The Bertz CT molecular complexity index is 680. The molecule has 2 aliphatic heterocycles. The Morgan fingerprint density at radius 2 is 1.50 bits per heavy atom. The molecular formula is C25H34BNO. The van der Waals surface area contributed by atoms with Crippen molar-refractivity contribution in [3.8, 4) is 0 Å². The largest absolute Gasteiger partial charge is 0.406 e. The van der Waals surface area contributed by atoms with Gasteiger partial charge in [-0.15, -0.1) is 0 Å². The summed E-state index contributed by atoms with van der Waals surface area (Å²) in [5.41, 5.74) is 2.29. The number of hydrogen-bond acceptors (Lipinski definition) is 2. The summed E-state index contributed by atoms with van der Waals surface area (Å²) in [5.74, 6) is 0. The fourth-order valence-electron chi connectivity index (χ4n) is 5.31. The Morgan fingerprint density at radius 1 is 0.893 bits per heavy atom. The molecule has 0 aromatic heterocycles. The number of hydrogen-bond donors (Lipinski definition) is 0. The summed E-state index contributed by atoms with van der Waals surface area (Å²) in [6.45, 7) is 3.46. The predicted octanol–water partition coefficient (Wildman–Crippen LogP) is 6.27. The van der Waals surface area contributed by atoms with Gasteiger partial charge in [-0.1, -0.05) is 106 Å². The molecule has 28 heavy (non-hydrogen) atoms. The summed E-state index contributed by atoms with van der Waals surface area (Å²) in [6, 6.07) is 22.3. The molecule has 0 spiro atoms. The molecular weight excluding hydrogens is 341 g/mol. The second-order valence-corrected chi connectivity index (χ2v) is 8.49. The summed E-state index contributed by atoms with van der Waals surface area (Å²) >= 11 is 0. The summed E-state index contributed by atoms with van der Waals surface area (Å²) in [7, 11) is 0.249. The Hall–Kier alpha value is -1.58. The molecule has 0 aliphatic carbocycles. The van der Waals surface area contributed by atoms with Gasteiger partial charge in [0.15, 0.2) is 0 Å². The van der Waals surface area contributed by atoms with Gasteiger partial charge < -0.3 is 9.47 Å². The number of fused-ring (bicyclic) bond motifs is 1. The predicted molar refractivity (Wildman–Crippen MR) is 118 cm³/mol. The molecule has 2 heterocycles. The molecule has 148 valence electrons. The van der Waals surface area contributed by atoms with Crippen LogP contribution in [0.15, 0.2) is 60.7 Å². The lowest BCUT2D eigenvalue weighted by atomic mass is 9.74. The molecule has 4 rings (SSSR count). The van der Waals surface area contributed by atoms with Crippen molar-refractivity contribution in [1.29, 1.82) is 0 Å². The second kappa shape index (κ2) is 9.28. The average Bonchev–Trinajstić information content (AvgIpc) is 3.35. The van der Waals surface area contributed by atoms with Crippen LogP contribution in [0.4, 0.5) is 0 Å². The number of benzene rings is 2. The van der Waals surface area contributed by atoms with E-state index in [4.69, 9.17) is 4.65 Å². The van der Waals surface area contributed by atoms with Crippen molar-refractivity contribution in [1.82, 2.24) is 4.81 Å². The van der Waals surface area contributed by atoms with Crippen molar-refractivity contribution in [3.63, 3.8) is 0 Å². The van der Waals surface area contributed by atoms with Gasteiger partial charge in [-0.2, -0.15) is 0 Å². The molecule has 2 nitrogen and oxygen atoms in total. The summed E-state index contributed by atoms with van der Waals surface area (Å²) in [6.07, 6.45) is 11.7. The highest BCUT2D eigenvalue weighted by molar-refractivity contribution is 6.49. The molecule has 3 heteroatoms. The van der Waals surface area contributed by atoms with E-state index in [0.29, 0.717) is 6.04 Å². The lowest BCUT2D eigenvalue weighted by Crippen LogP contribution is -2.41. The van der Waals surface area contributed by atoms with Gasteiger partial charge in [0.05, 0.1) is 0 Å². The standard InChI is InChI=1S/C25H34BNO/c1-2-3-4-5-6-13-20-26-27-21-14-19-24(27)25(28-26,22-15-9-7-10-16-22)23-17-11-8-12-18-23/h7-12,15-18,24H,2-6,13-14,19-21H2,1H3/t24-/m0/s1. The van der Waals surface area contributed by atoms with E-state index in [9.17, 15) is 0 Å². The Labute approximate surface area is 171 Å². The van der Waals surface area contributed by atoms with Crippen LogP contribution in [-0.2, 0) is 10.3 Å². The van der Waals surface area contributed by atoms with E-state index < -0.39 is 0 Å². The van der Waals surface area contributed by atoms with E-state index >= 15 is 0 Å². The zero-order valence-electron chi connectivity index (χ0n) is 17.4. The summed E-state index contributed by atoms with van der Waals surface area (Å²) < 4.78 is 7.04. The van der Waals surface area contributed by atoms with Crippen molar-refractivity contribution in [2.24, 2.45) is 0 Å². The SMILES string of the molecule is CCCCCCCCB1OC(c2ccccc2)(c2ccccc2)[C@@H]2CCCN12. The zero-order chi connectivity index (χ0) is 19.2. The average molecular weight is 375 g/mol. The van der Waals surface area contributed by atoms with Crippen LogP contribution in [0.5, 0.6) is 0 Å². The molecule has 1 atom stereocenters. The minimum atomic E-state index is -0.327. The maximum Gasteiger partial charge on any atom is 0.383 e. The molecule has 2 saturated heterocycles. The number of rotatable bonds is 9. The number of unbranched alkanes of at least 4 members (excludes halogenated alkanes) is 5.